The fourth-order valence-electron chi connectivity index (χ4n) is 0.939. The van der Waals surface area contributed by atoms with Crippen molar-refractivity contribution in [2.75, 3.05) is 5.75 Å². The second-order valence-electron chi connectivity index (χ2n) is 3.53. The van der Waals surface area contributed by atoms with E-state index in [2.05, 4.69) is 6.58 Å². The maximum atomic E-state index is 11.1. The van der Waals surface area contributed by atoms with Gasteiger partial charge in [0.25, 0.3) is 15.9 Å². The van der Waals surface area contributed by atoms with E-state index in [4.69, 9.17) is 5.84 Å². The minimum Gasteiger partial charge on any atom is -0.270 e. The van der Waals surface area contributed by atoms with Crippen molar-refractivity contribution in [3.05, 3.63) is 17.6 Å². The molecule has 0 aromatic heterocycles. The lowest BCUT2D eigenvalue weighted by atomic mass is 10.1. The minimum atomic E-state index is -4.10. The van der Waals surface area contributed by atoms with Crippen LogP contribution in [0.4, 0.5) is 0 Å². The summed E-state index contributed by atoms with van der Waals surface area (Å²) in [6.07, 6.45) is 0.947. The van der Waals surface area contributed by atoms with Gasteiger partial charge >= 0.3 is 0 Å². The predicted octanol–water partition coefficient (Wildman–Crippen LogP) is -0.250. The van der Waals surface area contributed by atoms with Crippen LogP contribution in [0.15, 0.2) is 17.2 Å². The molecule has 0 saturated heterocycles. The average Bonchev–Trinajstić information content (AvgIpc) is 2.14. The van der Waals surface area contributed by atoms with Crippen LogP contribution in [0.5, 0.6) is 0 Å². The number of nitroso groups, excluding NO2 is 1. The molecule has 1 amide bonds. The van der Waals surface area contributed by atoms with Gasteiger partial charge in [-0.2, -0.15) is 0 Å². The molecule has 0 aromatic rings. The Bertz CT molecular complexity index is 374. The van der Waals surface area contributed by atoms with Crippen LogP contribution in [0.3, 0.4) is 0 Å². The summed E-state index contributed by atoms with van der Waals surface area (Å²) in [5.41, 5.74) is -1.22. The number of hydrogen-bond acceptors (Lipinski definition) is 5. The number of sulfonamides is 1. The van der Waals surface area contributed by atoms with Gasteiger partial charge in [-0.15, -0.1) is 4.91 Å². The molecule has 0 aliphatic rings. The van der Waals surface area contributed by atoms with Crippen molar-refractivity contribution >= 4 is 15.9 Å². The smallest absolute Gasteiger partial charge is 0.270 e. The maximum absolute atomic E-state index is 11.1. The topological polar surface area (TPSA) is 110 Å². The number of carbonyl (C=O) groups excluding carboxylic acids is 1. The molecule has 0 bridgehead atoms. The fourth-order valence-corrected chi connectivity index (χ4v) is 2.02. The van der Waals surface area contributed by atoms with Gasteiger partial charge in [0, 0.05) is 0 Å². The van der Waals surface area contributed by atoms with Gasteiger partial charge in [-0.25, -0.2) is 14.3 Å². The van der Waals surface area contributed by atoms with Crippen molar-refractivity contribution in [2.45, 2.75) is 19.4 Å². The number of amides is 1. The molecule has 0 aliphatic heterocycles. The Hall–Kier alpha value is -1.28. The molecule has 2 N–H and O–H groups in total. The van der Waals surface area contributed by atoms with Crippen molar-refractivity contribution < 1.29 is 13.2 Å². The molecule has 0 saturated carbocycles. The molecule has 7 nitrogen and oxygen atoms in total. The molecule has 0 radical (unpaired) electrons. The van der Waals surface area contributed by atoms with E-state index in [1.54, 1.807) is 0 Å². The molecule has 0 fully saturated rings. The zero-order chi connectivity index (χ0) is 12.3. The summed E-state index contributed by atoms with van der Waals surface area (Å²) in [6.45, 7) is 6.01. The Morgan fingerprint density at radius 2 is 2.07 bits per heavy atom. The van der Waals surface area contributed by atoms with Crippen molar-refractivity contribution in [1.82, 2.24) is 5.01 Å². The summed E-state index contributed by atoms with van der Waals surface area (Å²) in [5, 5.41) is 0.697. The maximum Gasteiger partial charge on any atom is 0.290 e. The van der Waals surface area contributed by atoms with E-state index in [9.17, 15) is 18.1 Å². The van der Waals surface area contributed by atoms with Crippen LogP contribution in [0, 0.1) is 4.91 Å². The van der Waals surface area contributed by atoms with E-state index in [1.165, 1.54) is 13.8 Å². The molecule has 0 atom stereocenters. The van der Waals surface area contributed by atoms with E-state index < -0.39 is 27.2 Å². The van der Waals surface area contributed by atoms with Crippen molar-refractivity contribution in [3.8, 4) is 0 Å². The molecule has 0 aromatic carbocycles. The zero-order valence-electron chi connectivity index (χ0n) is 8.50. The SMILES string of the molecule is C=CC(=O)N(N)C(C)(C)CS(=O)(=O)N=O. The monoisotopic (exact) mass is 235 g/mol. The normalized spacial score (nSPS) is 11.9. The molecule has 0 aliphatic carbocycles. The number of hydrogen-bond donors (Lipinski definition) is 1. The number of carbonyl (C=O) groups is 1. The first-order valence-electron chi connectivity index (χ1n) is 3.95. The molecule has 86 valence electrons. The van der Waals surface area contributed by atoms with Gasteiger partial charge in [0.05, 0.1) is 15.9 Å². The van der Waals surface area contributed by atoms with Gasteiger partial charge in [0.15, 0.2) is 0 Å². The number of hydrazine groups is 1. The number of rotatable bonds is 5. The molecule has 0 spiro atoms. The number of nitrogens with zero attached hydrogens (tertiary/aromatic N) is 2. The third kappa shape index (κ3) is 3.76. The lowest BCUT2D eigenvalue weighted by Gasteiger charge is -2.32. The Labute approximate surface area is 87.9 Å². The molecule has 0 rings (SSSR count). The third-order valence-electron chi connectivity index (χ3n) is 1.71. The van der Waals surface area contributed by atoms with Crippen LogP contribution in [-0.2, 0) is 14.8 Å². The second kappa shape index (κ2) is 4.49. The first kappa shape index (κ1) is 13.7. The quantitative estimate of drug-likeness (QED) is 0.232. The van der Waals surface area contributed by atoms with Crippen LogP contribution in [0.2, 0.25) is 0 Å². The van der Waals surface area contributed by atoms with Gasteiger partial charge in [0.2, 0.25) is 0 Å². The van der Waals surface area contributed by atoms with Crippen molar-refractivity contribution in [1.29, 1.82) is 0 Å². The Balaban J connectivity index is 4.91. The van der Waals surface area contributed by atoms with Crippen LogP contribution >= 0.6 is 0 Å². The predicted molar refractivity (Wildman–Crippen MR) is 54.9 cm³/mol. The van der Waals surface area contributed by atoms with Crippen molar-refractivity contribution in [3.63, 3.8) is 0 Å². The van der Waals surface area contributed by atoms with E-state index in [0.29, 0.717) is 5.01 Å². The minimum absolute atomic E-state index is 0.638. The van der Waals surface area contributed by atoms with Crippen molar-refractivity contribution in [2.24, 2.45) is 10.4 Å². The van der Waals surface area contributed by atoms with E-state index >= 15 is 0 Å². The van der Waals surface area contributed by atoms with Crippen LogP contribution in [-0.4, -0.2) is 30.6 Å². The summed E-state index contributed by atoms with van der Waals surface area (Å²) in [6, 6.07) is 0. The summed E-state index contributed by atoms with van der Waals surface area (Å²) in [5.74, 6) is 4.09. The highest BCUT2D eigenvalue weighted by Gasteiger charge is 2.33. The Morgan fingerprint density at radius 1 is 1.60 bits per heavy atom. The van der Waals surface area contributed by atoms with Gasteiger partial charge in [-0.3, -0.25) is 9.80 Å². The fraction of sp³-hybridized carbons (Fsp3) is 0.571. The summed E-state index contributed by atoms with van der Waals surface area (Å²) >= 11 is 0. The summed E-state index contributed by atoms with van der Waals surface area (Å²) < 4.78 is 23.8. The second-order valence-corrected chi connectivity index (χ2v) is 5.13. The van der Waals surface area contributed by atoms with E-state index in [-0.39, 0.29) is 0 Å². The van der Waals surface area contributed by atoms with Gasteiger partial charge in [-0.05, 0) is 19.9 Å². The average molecular weight is 235 g/mol. The van der Waals surface area contributed by atoms with E-state index in [1.807, 2.05) is 4.58 Å². The molecule has 0 heterocycles. The molecule has 0 unspecified atom stereocenters. The molecule has 15 heavy (non-hydrogen) atoms. The molecule has 8 heteroatoms. The number of nitrogens with two attached hydrogens (primary N) is 1. The van der Waals surface area contributed by atoms with Gasteiger partial charge in [-0.1, -0.05) is 6.58 Å². The zero-order valence-corrected chi connectivity index (χ0v) is 9.32. The van der Waals surface area contributed by atoms with Crippen LogP contribution in [0.1, 0.15) is 13.8 Å². The van der Waals surface area contributed by atoms with Crippen LogP contribution in [0.25, 0.3) is 0 Å². The highest BCUT2D eigenvalue weighted by molar-refractivity contribution is 7.90. The molecular weight excluding hydrogens is 222 g/mol. The Morgan fingerprint density at radius 3 is 2.40 bits per heavy atom. The van der Waals surface area contributed by atoms with E-state index in [0.717, 1.165) is 6.08 Å². The van der Waals surface area contributed by atoms with Crippen LogP contribution < -0.4 is 5.84 Å². The summed E-state index contributed by atoms with van der Waals surface area (Å²) in [7, 11) is -4.10. The van der Waals surface area contributed by atoms with Gasteiger partial charge in [0.1, 0.15) is 0 Å². The summed E-state index contributed by atoms with van der Waals surface area (Å²) in [4.78, 5) is 21.1. The first-order chi connectivity index (χ1) is 6.66. The molecular formula is C7H13N3O4S. The first-order valence-corrected chi connectivity index (χ1v) is 5.56. The highest BCUT2D eigenvalue weighted by Crippen LogP contribution is 2.14. The highest BCUT2D eigenvalue weighted by atomic mass is 32.2. The Kier molecular flexibility index (Phi) is 4.11. The van der Waals surface area contributed by atoms with Gasteiger partial charge < -0.3 is 0 Å². The largest absolute Gasteiger partial charge is 0.290 e. The lowest BCUT2D eigenvalue weighted by molar-refractivity contribution is -0.130. The third-order valence-corrected chi connectivity index (χ3v) is 3.01. The lowest BCUT2D eigenvalue weighted by Crippen LogP contribution is -2.55. The standard InChI is InChI=1S/C7H13N3O4S/c1-4-6(11)10(8)7(2,3)5-15(13,14)9-12/h4H,1,5,8H2,2-3H3.